The van der Waals surface area contributed by atoms with Crippen molar-refractivity contribution in [2.45, 2.75) is 19.4 Å². The number of nitrogens with two attached hydrogens (primary N) is 1. The van der Waals surface area contributed by atoms with Gasteiger partial charge in [0.1, 0.15) is 0 Å². The minimum atomic E-state index is -0.559. The van der Waals surface area contributed by atoms with Crippen molar-refractivity contribution in [3.05, 3.63) is 0 Å². The van der Waals surface area contributed by atoms with Crippen LogP contribution in [0.4, 0.5) is 0 Å². The molecule has 0 spiro atoms. The van der Waals surface area contributed by atoms with Gasteiger partial charge in [0.25, 0.3) is 0 Å². The third-order valence-corrected chi connectivity index (χ3v) is 1.06. The summed E-state index contributed by atoms with van der Waals surface area (Å²) >= 11 is 0. The van der Waals surface area contributed by atoms with Gasteiger partial charge in [0.15, 0.2) is 0 Å². The molecule has 0 aromatic heterocycles. The Balaban J connectivity index is 0. The Labute approximate surface area is 72.6 Å². The molecule has 0 atom stereocenters. The Bertz CT molecular complexity index is 128. The monoisotopic (exact) mass is 182 g/mol. The molecule has 0 saturated carbocycles. The molecule has 0 aromatic rings. The van der Waals surface area contributed by atoms with Crippen LogP contribution < -0.4 is 11.1 Å². The Morgan fingerprint density at radius 2 is 2.09 bits per heavy atom. The van der Waals surface area contributed by atoms with Crippen LogP contribution in [0.3, 0.4) is 0 Å². The fourth-order valence-electron chi connectivity index (χ4n) is 0.468. The molecule has 0 aliphatic carbocycles. The second kappa shape index (κ2) is 5.35. The Hall–Kier alpha value is -0.320. The lowest BCUT2D eigenvalue weighted by atomic mass is 10.1. The molecule has 0 radical (unpaired) electrons. The predicted molar refractivity (Wildman–Crippen MR) is 45.6 cm³/mol. The standard InChI is InChI=1S/C6H14N2O2.ClH/c1-6(2,4-9)8-5(10)3-7;/h9H,3-4,7H2,1-2H3,(H,8,10);1H. The fourth-order valence-corrected chi connectivity index (χ4v) is 0.468. The molecule has 4 N–H and O–H groups in total. The molecular formula is C6H15ClN2O2. The number of carbonyl (C=O) groups excluding carboxylic acids is 1. The van der Waals surface area contributed by atoms with Crippen LogP contribution in [0.2, 0.25) is 0 Å². The summed E-state index contributed by atoms with van der Waals surface area (Å²) < 4.78 is 0. The highest BCUT2D eigenvalue weighted by Gasteiger charge is 2.17. The van der Waals surface area contributed by atoms with E-state index in [2.05, 4.69) is 5.32 Å². The van der Waals surface area contributed by atoms with Crippen molar-refractivity contribution in [3.8, 4) is 0 Å². The van der Waals surface area contributed by atoms with Crippen LogP contribution in [0, 0.1) is 0 Å². The fraction of sp³-hybridized carbons (Fsp3) is 0.833. The smallest absolute Gasteiger partial charge is 0.234 e. The van der Waals surface area contributed by atoms with Crippen LogP contribution in [0.15, 0.2) is 0 Å². The molecule has 0 rings (SSSR count). The molecule has 0 aliphatic heterocycles. The second-order valence-electron chi connectivity index (χ2n) is 2.79. The summed E-state index contributed by atoms with van der Waals surface area (Å²) in [4.78, 5) is 10.6. The van der Waals surface area contributed by atoms with Crippen LogP contribution in [-0.2, 0) is 4.79 Å². The highest BCUT2D eigenvalue weighted by Crippen LogP contribution is 1.97. The summed E-state index contributed by atoms with van der Waals surface area (Å²) in [5, 5.41) is 11.2. The molecule has 0 unspecified atom stereocenters. The zero-order valence-electron chi connectivity index (χ0n) is 6.76. The van der Waals surface area contributed by atoms with Gasteiger partial charge < -0.3 is 16.2 Å². The summed E-state index contributed by atoms with van der Waals surface area (Å²) in [6.07, 6.45) is 0. The average Bonchev–Trinajstić information content (AvgIpc) is 1.87. The molecule has 0 aromatic carbocycles. The first-order valence-corrected chi connectivity index (χ1v) is 3.14. The summed E-state index contributed by atoms with van der Waals surface area (Å²) in [7, 11) is 0. The quantitative estimate of drug-likeness (QED) is 0.538. The molecule has 0 bridgehead atoms. The number of rotatable bonds is 3. The van der Waals surface area contributed by atoms with Crippen LogP contribution >= 0.6 is 12.4 Å². The largest absolute Gasteiger partial charge is 0.394 e. The first kappa shape index (κ1) is 13.3. The zero-order chi connectivity index (χ0) is 8.20. The number of aliphatic hydroxyl groups excluding tert-OH is 1. The lowest BCUT2D eigenvalue weighted by Gasteiger charge is -2.22. The van der Waals surface area contributed by atoms with Crippen LogP contribution in [0.1, 0.15) is 13.8 Å². The number of nitrogens with one attached hydrogen (secondary N) is 1. The number of hydrogen-bond acceptors (Lipinski definition) is 3. The molecule has 4 nitrogen and oxygen atoms in total. The third-order valence-electron chi connectivity index (χ3n) is 1.06. The predicted octanol–water partition coefficient (Wildman–Crippen LogP) is -0.746. The number of halogens is 1. The van der Waals surface area contributed by atoms with E-state index in [4.69, 9.17) is 10.8 Å². The molecule has 0 saturated heterocycles. The molecule has 0 aliphatic rings. The van der Waals surface area contributed by atoms with Crippen molar-refractivity contribution in [3.63, 3.8) is 0 Å². The number of aliphatic hydroxyl groups is 1. The molecule has 1 amide bonds. The lowest BCUT2D eigenvalue weighted by Crippen LogP contribution is -2.48. The van der Waals surface area contributed by atoms with Gasteiger partial charge >= 0.3 is 0 Å². The van der Waals surface area contributed by atoms with E-state index in [1.165, 1.54) is 0 Å². The molecule has 68 valence electrons. The summed E-state index contributed by atoms with van der Waals surface area (Å²) in [6.45, 7) is 3.32. The van der Waals surface area contributed by atoms with Gasteiger partial charge in [-0.15, -0.1) is 12.4 Å². The van der Waals surface area contributed by atoms with Crippen molar-refractivity contribution in [2.24, 2.45) is 5.73 Å². The van der Waals surface area contributed by atoms with Crippen LogP contribution in [0.5, 0.6) is 0 Å². The van der Waals surface area contributed by atoms with E-state index >= 15 is 0 Å². The van der Waals surface area contributed by atoms with Crippen molar-refractivity contribution in [1.29, 1.82) is 0 Å². The minimum Gasteiger partial charge on any atom is -0.394 e. The molecule has 0 heterocycles. The zero-order valence-corrected chi connectivity index (χ0v) is 7.57. The number of hydrogen-bond donors (Lipinski definition) is 3. The number of amides is 1. The summed E-state index contributed by atoms with van der Waals surface area (Å²) in [5.74, 6) is -0.251. The van der Waals surface area contributed by atoms with Gasteiger partial charge in [-0.1, -0.05) is 0 Å². The van der Waals surface area contributed by atoms with Crippen molar-refractivity contribution in [1.82, 2.24) is 5.32 Å². The lowest BCUT2D eigenvalue weighted by molar-refractivity contribution is -0.121. The first-order chi connectivity index (χ1) is 4.52. The van der Waals surface area contributed by atoms with Crippen LogP contribution in [-0.4, -0.2) is 29.7 Å². The van der Waals surface area contributed by atoms with Gasteiger partial charge in [-0.2, -0.15) is 0 Å². The van der Waals surface area contributed by atoms with E-state index in [1.807, 2.05) is 0 Å². The second-order valence-corrected chi connectivity index (χ2v) is 2.79. The highest BCUT2D eigenvalue weighted by molar-refractivity contribution is 5.85. The maximum absolute atomic E-state index is 10.6. The SMILES string of the molecule is CC(C)(CO)NC(=O)CN.Cl. The van der Waals surface area contributed by atoms with Crippen molar-refractivity contribution in [2.75, 3.05) is 13.2 Å². The molecule has 11 heavy (non-hydrogen) atoms. The first-order valence-electron chi connectivity index (χ1n) is 3.14. The maximum Gasteiger partial charge on any atom is 0.234 e. The Morgan fingerprint density at radius 1 is 1.64 bits per heavy atom. The Morgan fingerprint density at radius 3 is 2.36 bits per heavy atom. The van der Waals surface area contributed by atoms with Crippen molar-refractivity contribution < 1.29 is 9.90 Å². The third kappa shape index (κ3) is 6.09. The van der Waals surface area contributed by atoms with Gasteiger partial charge in [0.2, 0.25) is 5.91 Å². The van der Waals surface area contributed by atoms with E-state index in [-0.39, 0.29) is 31.5 Å². The maximum atomic E-state index is 10.6. The van der Waals surface area contributed by atoms with E-state index in [0.29, 0.717) is 0 Å². The number of carbonyl (C=O) groups is 1. The molecular weight excluding hydrogens is 168 g/mol. The molecule has 0 fully saturated rings. The summed E-state index contributed by atoms with van der Waals surface area (Å²) in [6, 6.07) is 0. The topological polar surface area (TPSA) is 75.3 Å². The van der Waals surface area contributed by atoms with Gasteiger partial charge in [0.05, 0.1) is 18.7 Å². The van der Waals surface area contributed by atoms with Gasteiger partial charge in [-0.3, -0.25) is 4.79 Å². The van der Waals surface area contributed by atoms with Gasteiger partial charge in [-0.25, -0.2) is 0 Å². The van der Waals surface area contributed by atoms with E-state index < -0.39 is 5.54 Å². The molecule has 5 heteroatoms. The van der Waals surface area contributed by atoms with E-state index in [1.54, 1.807) is 13.8 Å². The van der Waals surface area contributed by atoms with Crippen LogP contribution in [0.25, 0.3) is 0 Å². The minimum absolute atomic E-state index is 0. The average molecular weight is 183 g/mol. The van der Waals surface area contributed by atoms with E-state index in [0.717, 1.165) is 0 Å². The van der Waals surface area contributed by atoms with Crippen molar-refractivity contribution >= 4 is 18.3 Å². The van der Waals surface area contributed by atoms with Gasteiger partial charge in [-0.05, 0) is 13.8 Å². The Kier molecular flexibility index (Phi) is 6.46. The normalized spacial score (nSPS) is 10.2. The highest BCUT2D eigenvalue weighted by atomic mass is 35.5. The summed E-state index contributed by atoms with van der Waals surface area (Å²) in [5.41, 5.74) is 4.48. The van der Waals surface area contributed by atoms with Gasteiger partial charge in [0, 0.05) is 0 Å². The van der Waals surface area contributed by atoms with E-state index in [9.17, 15) is 4.79 Å².